The van der Waals surface area contributed by atoms with Crippen molar-refractivity contribution in [2.24, 2.45) is 5.41 Å². The van der Waals surface area contributed by atoms with Gasteiger partial charge < -0.3 is 29.7 Å². The second-order valence-corrected chi connectivity index (χ2v) is 14.7. The smallest absolute Gasteiger partial charge is 0.407 e. The van der Waals surface area contributed by atoms with Crippen LogP contribution in [0.1, 0.15) is 92.9 Å². The minimum Gasteiger partial charge on any atom is -0.465 e. The fourth-order valence-electron chi connectivity index (χ4n) is 7.09. The maximum absolute atomic E-state index is 13.8. The lowest BCUT2D eigenvalue weighted by Gasteiger charge is -2.42. The quantitative estimate of drug-likeness (QED) is 0.232. The zero-order chi connectivity index (χ0) is 35.5. The summed E-state index contributed by atoms with van der Waals surface area (Å²) < 4.78 is 12.3. The number of ether oxygens (including phenoxy) is 2. The number of esters is 1. The zero-order valence-corrected chi connectivity index (χ0v) is 29.8. The van der Waals surface area contributed by atoms with Gasteiger partial charge >= 0.3 is 12.1 Å². The Labute approximate surface area is 289 Å². The highest BCUT2D eigenvalue weighted by molar-refractivity contribution is 5.95. The zero-order valence-electron chi connectivity index (χ0n) is 29.8. The molecule has 2 aliphatic heterocycles. The minimum absolute atomic E-state index is 0.0705. The molecule has 10 nitrogen and oxygen atoms in total. The molecule has 0 saturated carbocycles. The Balaban J connectivity index is 1.56. The lowest BCUT2D eigenvalue weighted by molar-refractivity contribution is -0.171. The van der Waals surface area contributed by atoms with E-state index in [0.717, 1.165) is 47.3 Å². The standard InChI is InChI=1S/C39H50N4O6/c1-25(2)48-36(45)34(49-38(5,6)7)32-27(4)41-26(3)31(33(32)42-20-17-39(18-21-42)19-22-43(24-39)37(46)47)29-13-15-30(16-14-29)35(44)40-23-28-11-9-8-10-12-28/h8-16,25,34H,17-24H2,1-7H3,(H,40,44)(H,46,47). The summed E-state index contributed by atoms with van der Waals surface area (Å²) in [6.07, 6.45) is 0.237. The summed E-state index contributed by atoms with van der Waals surface area (Å²) in [6.45, 7) is 16.1. The van der Waals surface area contributed by atoms with E-state index in [-0.39, 0.29) is 17.4 Å². The Hall–Kier alpha value is -4.44. The van der Waals surface area contributed by atoms with Crippen molar-refractivity contribution in [3.8, 4) is 11.1 Å². The molecule has 2 aliphatic rings. The molecule has 1 unspecified atom stereocenters. The SMILES string of the molecule is Cc1nc(C)c(C(OC(C)(C)C)C(=O)OC(C)C)c(N2CCC3(CCN(C(=O)O)C3)CC2)c1-c1ccc(C(=O)NCc2ccccc2)cc1. The molecule has 49 heavy (non-hydrogen) atoms. The van der Waals surface area contributed by atoms with E-state index < -0.39 is 23.8 Å². The van der Waals surface area contributed by atoms with Crippen molar-refractivity contribution in [3.63, 3.8) is 0 Å². The van der Waals surface area contributed by atoms with Crippen molar-refractivity contribution in [1.29, 1.82) is 0 Å². The minimum atomic E-state index is -1.03. The average molecular weight is 671 g/mol. The molecule has 262 valence electrons. The number of hydrogen-bond acceptors (Lipinski definition) is 7. The number of likely N-dealkylation sites (tertiary alicyclic amines) is 1. The van der Waals surface area contributed by atoms with E-state index in [2.05, 4.69) is 10.2 Å². The first-order valence-electron chi connectivity index (χ1n) is 17.2. The number of anilines is 1. The van der Waals surface area contributed by atoms with Gasteiger partial charge in [-0.05, 0) is 96.4 Å². The number of nitrogens with one attached hydrogen (secondary N) is 1. The number of amides is 2. The van der Waals surface area contributed by atoms with Crippen LogP contribution in [0, 0.1) is 19.3 Å². The van der Waals surface area contributed by atoms with Crippen LogP contribution >= 0.6 is 0 Å². The summed E-state index contributed by atoms with van der Waals surface area (Å²) in [5, 5.41) is 12.6. The number of piperidine rings is 1. The van der Waals surface area contributed by atoms with E-state index in [4.69, 9.17) is 14.5 Å². The third-order valence-electron chi connectivity index (χ3n) is 9.46. The molecule has 0 bridgehead atoms. The fourth-order valence-corrected chi connectivity index (χ4v) is 7.09. The topological polar surface area (TPSA) is 121 Å². The monoisotopic (exact) mass is 670 g/mol. The number of aromatic nitrogens is 1. The van der Waals surface area contributed by atoms with Crippen LogP contribution in [0.25, 0.3) is 11.1 Å². The molecular weight excluding hydrogens is 620 g/mol. The van der Waals surface area contributed by atoms with Crippen LogP contribution < -0.4 is 10.2 Å². The Kier molecular flexibility index (Phi) is 10.7. The molecule has 3 aromatic rings. The number of carbonyl (C=O) groups excluding carboxylic acids is 2. The van der Waals surface area contributed by atoms with Crippen molar-refractivity contribution in [3.05, 3.63) is 82.7 Å². The molecular formula is C39H50N4O6. The lowest BCUT2D eigenvalue weighted by Crippen LogP contribution is -2.43. The predicted octanol–water partition coefficient (Wildman–Crippen LogP) is 7.07. The number of hydrogen-bond donors (Lipinski definition) is 2. The number of rotatable bonds is 9. The van der Waals surface area contributed by atoms with Gasteiger partial charge in [-0.25, -0.2) is 9.59 Å². The van der Waals surface area contributed by atoms with Crippen LogP contribution in [0.4, 0.5) is 10.5 Å². The van der Waals surface area contributed by atoms with Gasteiger partial charge in [-0.2, -0.15) is 0 Å². The van der Waals surface area contributed by atoms with Crippen LogP contribution in [-0.4, -0.2) is 70.8 Å². The molecule has 2 saturated heterocycles. The van der Waals surface area contributed by atoms with Gasteiger partial charge in [-0.1, -0.05) is 42.5 Å². The molecule has 1 spiro atoms. The van der Waals surface area contributed by atoms with Gasteiger partial charge in [0, 0.05) is 60.8 Å². The van der Waals surface area contributed by atoms with Crippen LogP contribution in [-0.2, 0) is 20.8 Å². The third-order valence-corrected chi connectivity index (χ3v) is 9.46. The summed E-state index contributed by atoms with van der Waals surface area (Å²) in [7, 11) is 0. The average Bonchev–Trinajstić information content (AvgIpc) is 3.46. The van der Waals surface area contributed by atoms with E-state index >= 15 is 0 Å². The molecule has 3 heterocycles. The first kappa shape index (κ1) is 35.9. The van der Waals surface area contributed by atoms with Gasteiger partial charge in [-0.15, -0.1) is 0 Å². The highest BCUT2D eigenvalue weighted by atomic mass is 16.6. The highest BCUT2D eigenvalue weighted by Gasteiger charge is 2.44. The number of carboxylic acid groups (broad SMARTS) is 1. The molecule has 2 N–H and O–H groups in total. The van der Waals surface area contributed by atoms with Crippen molar-refractivity contribution in [1.82, 2.24) is 15.2 Å². The second-order valence-electron chi connectivity index (χ2n) is 14.7. The second kappa shape index (κ2) is 14.6. The Morgan fingerprint density at radius 1 is 0.939 bits per heavy atom. The first-order valence-corrected chi connectivity index (χ1v) is 17.2. The van der Waals surface area contributed by atoms with Crippen LogP contribution in [0.5, 0.6) is 0 Å². The van der Waals surface area contributed by atoms with Gasteiger partial charge in [0.05, 0.1) is 17.4 Å². The van der Waals surface area contributed by atoms with Gasteiger partial charge in [0.25, 0.3) is 5.91 Å². The van der Waals surface area contributed by atoms with Crippen LogP contribution in [0.15, 0.2) is 54.6 Å². The molecule has 0 radical (unpaired) electrons. The molecule has 5 rings (SSSR count). The molecule has 2 aromatic carbocycles. The lowest BCUT2D eigenvalue weighted by atomic mass is 9.77. The van der Waals surface area contributed by atoms with Crippen molar-refractivity contribution >= 4 is 23.7 Å². The van der Waals surface area contributed by atoms with Crippen molar-refractivity contribution < 1.29 is 29.0 Å². The van der Waals surface area contributed by atoms with Crippen molar-refractivity contribution in [2.75, 3.05) is 31.1 Å². The molecule has 10 heteroatoms. The number of aryl methyl sites for hydroxylation is 2. The molecule has 2 fully saturated rings. The Morgan fingerprint density at radius 3 is 2.14 bits per heavy atom. The Morgan fingerprint density at radius 2 is 1.57 bits per heavy atom. The van der Waals surface area contributed by atoms with E-state index in [1.54, 1.807) is 0 Å². The Bertz CT molecular complexity index is 1660. The largest absolute Gasteiger partial charge is 0.465 e. The number of nitrogens with zero attached hydrogens (tertiary/aromatic N) is 3. The van der Waals surface area contributed by atoms with Gasteiger partial charge in [0.1, 0.15) is 0 Å². The maximum Gasteiger partial charge on any atom is 0.407 e. The summed E-state index contributed by atoms with van der Waals surface area (Å²) in [4.78, 5) is 47.5. The fraction of sp³-hybridized carbons (Fsp3) is 0.487. The van der Waals surface area contributed by atoms with E-state index in [1.807, 2.05) is 103 Å². The molecule has 1 atom stereocenters. The predicted molar refractivity (Wildman–Crippen MR) is 190 cm³/mol. The highest BCUT2D eigenvalue weighted by Crippen LogP contribution is 2.47. The van der Waals surface area contributed by atoms with E-state index in [9.17, 15) is 19.5 Å². The van der Waals surface area contributed by atoms with Crippen LogP contribution in [0.2, 0.25) is 0 Å². The van der Waals surface area contributed by atoms with Gasteiger partial charge in [0.2, 0.25) is 0 Å². The summed E-state index contributed by atoms with van der Waals surface area (Å²) in [5.74, 6) is -0.642. The maximum atomic E-state index is 13.8. The number of benzene rings is 2. The summed E-state index contributed by atoms with van der Waals surface area (Å²) in [5.41, 5.74) is 5.56. The number of pyridine rings is 1. The van der Waals surface area contributed by atoms with Crippen molar-refractivity contribution in [2.45, 2.75) is 92.1 Å². The van der Waals surface area contributed by atoms with E-state index in [1.165, 1.54) is 4.90 Å². The van der Waals surface area contributed by atoms with E-state index in [0.29, 0.717) is 49.5 Å². The normalized spacial score (nSPS) is 16.6. The third kappa shape index (κ3) is 8.41. The molecule has 0 aliphatic carbocycles. The molecule has 1 aromatic heterocycles. The first-order chi connectivity index (χ1) is 23.2. The summed E-state index contributed by atoms with van der Waals surface area (Å²) in [6, 6.07) is 17.3. The molecule has 2 amide bonds. The van der Waals surface area contributed by atoms with Gasteiger partial charge in [-0.3, -0.25) is 9.78 Å². The summed E-state index contributed by atoms with van der Waals surface area (Å²) >= 11 is 0. The van der Waals surface area contributed by atoms with Gasteiger partial charge in [0.15, 0.2) is 6.10 Å². The van der Waals surface area contributed by atoms with Crippen LogP contribution in [0.3, 0.4) is 0 Å². The number of carbonyl (C=O) groups is 3.